The number of ether oxygens (including phenoxy) is 1. The number of halogens is 1. The highest BCUT2D eigenvalue weighted by molar-refractivity contribution is 7.16. The molecule has 0 unspecified atom stereocenters. The second kappa shape index (κ2) is 4.89. The highest BCUT2D eigenvalue weighted by atomic mass is 35.5. The van der Waals surface area contributed by atoms with Crippen LogP contribution in [0.25, 0.3) is 0 Å². The van der Waals surface area contributed by atoms with Crippen molar-refractivity contribution in [3.8, 4) is 5.75 Å². The van der Waals surface area contributed by atoms with Crippen LogP contribution in [-0.2, 0) is 6.61 Å². The summed E-state index contributed by atoms with van der Waals surface area (Å²) in [6, 6.07) is 10.1. The molecule has 1 aromatic heterocycles. The third kappa shape index (κ3) is 2.77. The fourth-order valence-electron chi connectivity index (χ4n) is 1.44. The SMILES string of the molecule is Cc1ccc(C)c(OCc2ccc(Cl)s2)c1. The Morgan fingerprint density at radius 3 is 2.69 bits per heavy atom. The molecule has 0 aliphatic heterocycles. The summed E-state index contributed by atoms with van der Waals surface area (Å²) in [5, 5.41) is 0. The van der Waals surface area contributed by atoms with Crippen LogP contribution < -0.4 is 4.74 Å². The standard InChI is InChI=1S/C13H13ClOS/c1-9-3-4-10(2)12(7-9)15-8-11-5-6-13(14)16-11/h3-7H,8H2,1-2H3. The van der Waals surface area contributed by atoms with Crippen molar-refractivity contribution in [1.82, 2.24) is 0 Å². The lowest BCUT2D eigenvalue weighted by molar-refractivity contribution is 0.307. The zero-order chi connectivity index (χ0) is 11.5. The number of hydrogen-bond donors (Lipinski definition) is 0. The Labute approximate surface area is 105 Å². The highest BCUT2D eigenvalue weighted by Gasteiger charge is 2.02. The molecule has 0 aliphatic rings. The lowest BCUT2D eigenvalue weighted by Crippen LogP contribution is -1.95. The van der Waals surface area contributed by atoms with Gasteiger partial charge in [-0.05, 0) is 43.2 Å². The summed E-state index contributed by atoms with van der Waals surface area (Å²) in [6.45, 7) is 4.70. The van der Waals surface area contributed by atoms with Crippen molar-refractivity contribution < 1.29 is 4.74 Å². The van der Waals surface area contributed by atoms with Gasteiger partial charge in [-0.1, -0.05) is 23.7 Å². The normalized spacial score (nSPS) is 10.4. The molecule has 0 spiro atoms. The Bertz CT molecular complexity index is 490. The smallest absolute Gasteiger partial charge is 0.123 e. The summed E-state index contributed by atoms with van der Waals surface area (Å²) in [4.78, 5) is 1.14. The van der Waals surface area contributed by atoms with Crippen molar-refractivity contribution in [2.75, 3.05) is 0 Å². The second-order valence-corrected chi connectivity index (χ2v) is 5.56. The predicted octanol–water partition coefficient (Wildman–Crippen LogP) is 4.60. The van der Waals surface area contributed by atoms with Gasteiger partial charge in [0.15, 0.2) is 0 Å². The van der Waals surface area contributed by atoms with E-state index in [-0.39, 0.29) is 0 Å². The molecule has 84 valence electrons. The molecule has 0 amide bonds. The van der Waals surface area contributed by atoms with Crippen molar-refractivity contribution >= 4 is 22.9 Å². The molecular formula is C13H13ClOS. The molecule has 3 heteroatoms. The first-order valence-electron chi connectivity index (χ1n) is 5.09. The molecular weight excluding hydrogens is 240 g/mol. The molecule has 0 aliphatic carbocycles. The van der Waals surface area contributed by atoms with Gasteiger partial charge in [0.25, 0.3) is 0 Å². The highest BCUT2D eigenvalue weighted by Crippen LogP contribution is 2.24. The van der Waals surface area contributed by atoms with Crippen molar-refractivity contribution in [1.29, 1.82) is 0 Å². The summed E-state index contributed by atoms with van der Waals surface area (Å²) in [6.07, 6.45) is 0. The van der Waals surface area contributed by atoms with Crippen molar-refractivity contribution in [2.45, 2.75) is 20.5 Å². The summed E-state index contributed by atoms with van der Waals surface area (Å²) < 4.78 is 6.57. The van der Waals surface area contributed by atoms with Crippen molar-refractivity contribution in [3.63, 3.8) is 0 Å². The quantitative estimate of drug-likeness (QED) is 0.776. The molecule has 16 heavy (non-hydrogen) atoms. The zero-order valence-corrected chi connectivity index (χ0v) is 10.9. The van der Waals surface area contributed by atoms with Gasteiger partial charge in [0, 0.05) is 4.88 Å². The van der Waals surface area contributed by atoms with Gasteiger partial charge in [0.1, 0.15) is 12.4 Å². The third-order valence-corrected chi connectivity index (χ3v) is 3.55. The monoisotopic (exact) mass is 252 g/mol. The van der Waals surface area contributed by atoms with E-state index < -0.39 is 0 Å². The molecule has 0 fully saturated rings. The van der Waals surface area contributed by atoms with E-state index >= 15 is 0 Å². The minimum atomic E-state index is 0.585. The van der Waals surface area contributed by atoms with E-state index in [2.05, 4.69) is 32.0 Å². The van der Waals surface area contributed by atoms with Crippen molar-refractivity contribution in [2.24, 2.45) is 0 Å². The first kappa shape index (κ1) is 11.5. The first-order valence-corrected chi connectivity index (χ1v) is 6.29. The summed E-state index contributed by atoms with van der Waals surface area (Å²) in [7, 11) is 0. The van der Waals surface area contributed by atoms with E-state index in [1.807, 2.05) is 12.1 Å². The minimum Gasteiger partial charge on any atom is -0.488 e. The maximum absolute atomic E-state index is 5.86. The lowest BCUT2D eigenvalue weighted by Gasteiger charge is -2.08. The number of benzene rings is 1. The van der Waals surface area contributed by atoms with E-state index in [1.54, 1.807) is 11.3 Å². The Hall–Kier alpha value is -0.990. The van der Waals surface area contributed by atoms with Gasteiger partial charge in [-0.25, -0.2) is 0 Å². The Morgan fingerprint density at radius 2 is 2.00 bits per heavy atom. The van der Waals surface area contributed by atoms with Crippen LogP contribution in [0.2, 0.25) is 4.34 Å². The van der Waals surface area contributed by atoms with E-state index in [0.717, 1.165) is 20.5 Å². The molecule has 1 heterocycles. The molecule has 0 bridgehead atoms. The van der Waals surface area contributed by atoms with Crippen LogP contribution in [0.5, 0.6) is 5.75 Å². The van der Waals surface area contributed by atoms with Gasteiger partial charge in [0.05, 0.1) is 4.34 Å². The van der Waals surface area contributed by atoms with Crippen LogP contribution in [0.15, 0.2) is 30.3 Å². The maximum Gasteiger partial charge on any atom is 0.123 e. The predicted molar refractivity (Wildman–Crippen MR) is 69.6 cm³/mol. The summed E-state index contributed by atoms with van der Waals surface area (Å²) >= 11 is 7.42. The van der Waals surface area contributed by atoms with Crippen LogP contribution in [0.1, 0.15) is 16.0 Å². The van der Waals surface area contributed by atoms with E-state index in [4.69, 9.17) is 16.3 Å². The summed E-state index contributed by atoms with van der Waals surface area (Å²) in [5.74, 6) is 0.949. The molecule has 0 atom stereocenters. The second-order valence-electron chi connectivity index (χ2n) is 3.76. The third-order valence-electron chi connectivity index (χ3n) is 2.34. The Morgan fingerprint density at radius 1 is 1.19 bits per heavy atom. The molecule has 1 nitrogen and oxygen atoms in total. The van der Waals surface area contributed by atoms with Crippen LogP contribution in [0.4, 0.5) is 0 Å². The average molecular weight is 253 g/mol. The van der Waals surface area contributed by atoms with Crippen LogP contribution >= 0.6 is 22.9 Å². The minimum absolute atomic E-state index is 0.585. The molecule has 0 radical (unpaired) electrons. The van der Waals surface area contributed by atoms with Crippen LogP contribution in [0.3, 0.4) is 0 Å². The first-order chi connectivity index (χ1) is 7.65. The molecule has 1 aromatic carbocycles. The number of aryl methyl sites for hydroxylation is 2. The van der Waals surface area contributed by atoms with Gasteiger partial charge >= 0.3 is 0 Å². The van der Waals surface area contributed by atoms with Gasteiger partial charge in [-0.2, -0.15) is 0 Å². The average Bonchev–Trinajstić information content (AvgIpc) is 2.66. The van der Waals surface area contributed by atoms with E-state index in [0.29, 0.717) is 6.61 Å². The largest absolute Gasteiger partial charge is 0.488 e. The fourth-order valence-corrected chi connectivity index (χ4v) is 2.44. The fraction of sp³-hybridized carbons (Fsp3) is 0.231. The van der Waals surface area contributed by atoms with E-state index in [1.165, 1.54) is 5.56 Å². The zero-order valence-electron chi connectivity index (χ0n) is 9.29. The summed E-state index contributed by atoms with van der Waals surface area (Å²) in [5.41, 5.74) is 2.37. The number of rotatable bonds is 3. The molecule has 0 saturated carbocycles. The lowest BCUT2D eigenvalue weighted by atomic mass is 10.1. The Balaban J connectivity index is 2.07. The maximum atomic E-state index is 5.86. The van der Waals surface area contributed by atoms with E-state index in [9.17, 15) is 0 Å². The molecule has 0 saturated heterocycles. The topological polar surface area (TPSA) is 9.23 Å². The van der Waals surface area contributed by atoms with Gasteiger partial charge in [-0.3, -0.25) is 0 Å². The van der Waals surface area contributed by atoms with Gasteiger partial charge < -0.3 is 4.74 Å². The van der Waals surface area contributed by atoms with Crippen LogP contribution in [-0.4, -0.2) is 0 Å². The van der Waals surface area contributed by atoms with Gasteiger partial charge in [-0.15, -0.1) is 11.3 Å². The Kier molecular flexibility index (Phi) is 3.52. The molecule has 2 rings (SSSR count). The van der Waals surface area contributed by atoms with Crippen molar-refractivity contribution in [3.05, 3.63) is 50.7 Å². The van der Waals surface area contributed by atoms with Crippen LogP contribution in [0, 0.1) is 13.8 Å². The number of thiophene rings is 1. The van der Waals surface area contributed by atoms with Gasteiger partial charge in [0.2, 0.25) is 0 Å². The molecule has 2 aromatic rings. The molecule has 0 N–H and O–H groups in total. The number of hydrogen-bond acceptors (Lipinski definition) is 2.